The van der Waals surface area contributed by atoms with Gasteiger partial charge in [0.25, 0.3) is 0 Å². The average Bonchev–Trinajstić information content (AvgIpc) is 2.56. The molecule has 1 aromatic heterocycles. The van der Waals surface area contributed by atoms with Crippen LogP contribution >= 0.6 is 23.2 Å². The van der Waals surface area contributed by atoms with E-state index in [4.69, 9.17) is 23.2 Å². The smallest absolute Gasteiger partial charge is 0.333 e. The molecule has 0 saturated heterocycles. The van der Waals surface area contributed by atoms with E-state index < -0.39 is 12.0 Å². The fourth-order valence-electron chi connectivity index (χ4n) is 1.16. The van der Waals surface area contributed by atoms with Gasteiger partial charge < -0.3 is 4.98 Å². The molecule has 1 heterocycles. The van der Waals surface area contributed by atoms with Gasteiger partial charge in [-0.15, -0.1) is 0 Å². The molecule has 2 nitrogen and oxygen atoms in total. The van der Waals surface area contributed by atoms with E-state index in [1.54, 1.807) is 0 Å². The van der Waals surface area contributed by atoms with Crippen molar-refractivity contribution >= 4 is 34.2 Å². The van der Waals surface area contributed by atoms with E-state index in [1.807, 2.05) is 0 Å². The predicted molar refractivity (Wildman–Crippen MR) is 51.1 cm³/mol. The van der Waals surface area contributed by atoms with Crippen LogP contribution in [0, 0.1) is 0 Å². The van der Waals surface area contributed by atoms with E-state index in [1.165, 1.54) is 12.1 Å². The second kappa shape index (κ2) is 3.28. The lowest BCUT2D eigenvalue weighted by molar-refractivity contribution is -0.144. The molecular weight excluding hydrogens is 252 g/mol. The highest BCUT2D eigenvalue weighted by Gasteiger charge is 2.35. The first-order valence-electron chi connectivity index (χ1n) is 3.80. The summed E-state index contributed by atoms with van der Waals surface area (Å²) in [5.74, 6) is -1.10. The van der Waals surface area contributed by atoms with Gasteiger partial charge in [0.05, 0.1) is 15.6 Å². The fraction of sp³-hybridized carbons (Fsp3) is 0.125. The van der Waals surface area contributed by atoms with Gasteiger partial charge in [0.15, 0.2) is 0 Å². The maximum absolute atomic E-state index is 12.3. The molecule has 1 aromatic carbocycles. The molecule has 7 heteroatoms. The average molecular weight is 255 g/mol. The minimum atomic E-state index is -4.54. The zero-order chi connectivity index (χ0) is 11.2. The van der Waals surface area contributed by atoms with Crippen LogP contribution in [0.2, 0.25) is 10.0 Å². The van der Waals surface area contributed by atoms with Gasteiger partial charge in [-0.25, -0.2) is 4.98 Å². The summed E-state index contributed by atoms with van der Waals surface area (Å²) >= 11 is 11.4. The normalized spacial score (nSPS) is 12.3. The molecule has 0 aliphatic heterocycles. The second-order valence-corrected chi connectivity index (χ2v) is 3.65. The van der Waals surface area contributed by atoms with E-state index >= 15 is 0 Å². The summed E-state index contributed by atoms with van der Waals surface area (Å²) in [5, 5.41) is 0.276. The molecule has 1 N–H and O–H groups in total. The standard InChI is InChI=1S/C8H3Cl2F3N2/c9-3-1-2-4(10)6-5(3)14-7(15-6)8(11,12)13/h1-2H,(H,14,15). The van der Waals surface area contributed by atoms with Crippen LogP contribution in [-0.4, -0.2) is 9.97 Å². The number of benzene rings is 1. The van der Waals surface area contributed by atoms with Crippen molar-refractivity contribution < 1.29 is 13.2 Å². The molecule has 0 radical (unpaired) electrons. The summed E-state index contributed by atoms with van der Waals surface area (Å²) < 4.78 is 36.9. The fourth-order valence-corrected chi connectivity index (χ4v) is 1.56. The molecule has 0 aliphatic carbocycles. The molecule has 0 aliphatic rings. The second-order valence-electron chi connectivity index (χ2n) is 2.84. The Labute approximate surface area is 92.0 Å². The van der Waals surface area contributed by atoms with Crippen LogP contribution in [0.25, 0.3) is 11.0 Å². The van der Waals surface area contributed by atoms with E-state index in [9.17, 15) is 13.2 Å². The molecule has 80 valence electrons. The Kier molecular flexibility index (Phi) is 2.31. The monoisotopic (exact) mass is 254 g/mol. The maximum atomic E-state index is 12.3. The van der Waals surface area contributed by atoms with Gasteiger partial charge in [-0.2, -0.15) is 13.2 Å². The number of aromatic amines is 1. The van der Waals surface area contributed by atoms with Crippen molar-refractivity contribution in [2.45, 2.75) is 6.18 Å². The molecule has 2 aromatic rings. The van der Waals surface area contributed by atoms with Crippen LogP contribution in [0.3, 0.4) is 0 Å². The SMILES string of the molecule is FC(F)(F)c1nc2c(Cl)ccc(Cl)c2[nH]1. The number of nitrogens with one attached hydrogen (secondary N) is 1. The molecule has 0 saturated carbocycles. The van der Waals surface area contributed by atoms with Crippen molar-refractivity contribution in [3.63, 3.8) is 0 Å². The third kappa shape index (κ3) is 1.77. The minimum Gasteiger partial charge on any atom is -0.333 e. The number of rotatable bonds is 0. The molecule has 15 heavy (non-hydrogen) atoms. The van der Waals surface area contributed by atoms with Crippen molar-refractivity contribution in [3.05, 3.63) is 28.0 Å². The highest BCUT2D eigenvalue weighted by molar-refractivity contribution is 6.39. The van der Waals surface area contributed by atoms with Crippen molar-refractivity contribution in [1.82, 2.24) is 9.97 Å². The Morgan fingerprint density at radius 2 is 1.73 bits per heavy atom. The minimum absolute atomic E-state index is 0.0245. The van der Waals surface area contributed by atoms with Gasteiger partial charge >= 0.3 is 6.18 Å². The topological polar surface area (TPSA) is 28.7 Å². The summed E-state index contributed by atoms with van der Waals surface area (Å²) in [7, 11) is 0. The highest BCUT2D eigenvalue weighted by atomic mass is 35.5. The van der Waals surface area contributed by atoms with Gasteiger partial charge in [0.1, 0.15) is 5.52 Å². The zero-order valence-electron chi connectivity index (χ0n) is 6.99. The number of aromatic nitrogens is 2. The number of H-pyrrole nitrogens is 1. The van der Waals surface area contributed by atoms with Gasteiger partial charge in [-0.05, 0) is 12.1 Å². The lowest BCUT2D eigenvalue weighted by Gasteiger charge is -1.99. The Morgan fingerprint density at radius 1 is 1.13 bits per heavy atom. The summed E-state index contributed by atoms with van der Waals surface area (Å²) in [4.78, 5) is 5.44. The van der Waals surface area contributed by atoms with Crippen LogP contribution < -0.4 is 0 Å². The number of hydrogen-bond donors (Lipinski definition) is 1. The van der Waals surface area contributed by atoms with Gasteiger partial charge in [-0.3, -0.25) is 0 Å². The Hall–Kier alpha value is -0.940. The third-order valence-corrected chi connectivity index (χ3v) is 2.43. The summed E-state index contributed by atoms with van der Waals surface area (Å²) in [6, 6.07) is 2.80. The Bertz CT molecular complexity index is 479. The van der Waals surface area contributed by atoms with E-state index in [2.05, 4.69) is 9.97 Å². The lowest BCUT2D eigenvalue weighted by Crippen LogP contribution is -2.06. The number of alkyl halides is 3. The van der Waals surface area contributed by atoms with Crippen LogP contribution in [-0.2, 0) is 6.18 Å². The van der Waals surface area contributed by atoms with Crippen molar-refractivity contribution in [2.75, 3.05) is 0 Å². The Morgan fingerprint density at radius 3 is 2.27 bits per heavy atom. The molecular formula is C8H3Cl2F3N2. The van der Waals surface area contributed by atoms with E-state index in [0.29, 0.717) is 0 Å². The first-order chi connectivity index (χ1) is 6.89. The quantitative estimate of drug-likeness (QED) is 0.760. The number of nitrogens with zero attached hydrogens (tertiary/aromatic N) is 1. The largest absolute Gasteiger partial charge is 0.449 e. The molecule has 0 spiro atoms. The van der Waals surface area contributed by atoms with Crippen LogP contribution in [0.15, 0.2) is 12.1 Å². The number of hydrogen-bond acceptors (Lipinski definition) is 1. The van der Waals surface area contributed by atoms with E-state index in [-0.39, 0.29) is 21.1 Å². The van der Waals surface area contributed by atoms with Gasteiger partial charge in [0.2, 0.25) is 5.82 Å². The molecule has 0 fully saturated rings. The summed E-state index contributed by atoms with van der Waals surface area (Å²) in [5.41, 5.74) is 0.119. The van der Waals surface area contributed by atoms with Crippen LogP contribution in [0.4, 0.5) is 13.2 Å². The number of fused-ring (bicyclic) bond motifs is 1. The molecule has 0 unspecified atom stereocenters. The maximum Gasteiger partial charge on any atom is 0.449 e. The summed E-state index contributed by atoms with van der Waals surface area (Å²) in [6.07, 6.45) is -4.54. The van der Waals surface area contributed by atoms with Crippen LogP contribution in [0.5, 0.6) is 0 Å². The van der Waals surface area contributed by atoms with Crippen molar-refractivity contribution in [2.24, 2.45) is 0 Å². The van der Waals surface area contributed by atoms with Crippen molar-refractivity contribution in [1.29, 1.82) is 0 Å². The van der Waals surface area contributed by atoms with Crippen molar-refractivity contribution in [3.8, 4) is 0 Å². The first kappa shape index (κ1) is 10.6. The first-order valence-corrected chi connectivity index (χ1v) is 4.56. The molecule has 2 rings (SSSR count). The van der Waals surface area contributed by atoms with Gasteiger partial charge in [0, 0.05) is 0 Å². The number of imidazole rings is 1. The molecule has 0 atom stereocenters. The van der Waals surface area contributed by atoms with Gasteiger partial charge in [-0.1, -0.05) is 23.2 Å². The zero-order valence-corrected chi connectivity index (χ0v) is 8.50. The molecule has 0 amide bonds. The summed E-state index contributed by atoms with van der Waals surface area (Å²) in [6.45, 7) is 0. The molecule has 0 bridgehead atoms. The lowest BCUT2D eigenvalue weighted by atomic mass is 10.3. The predicted octanol–water partition coefficient (Wildman–Crippen LogP) is 3.89. The highest BCUT2D eigenvalue weighted by Crippen LogP contribution is 2.33. The van der Waals surface area contributed by atoms with Crippen LogP contribution in [0.1, 0.15) is 5.82 Å². The Balaban J connectivity index is 2.76. The number of halogens is 5. The van der Waals surface area contributed by atoms with E-state index in [0.717, 1.165) is 0 Å². The third-order valence-electron chi connectivity index (χ3n) is 1.81.